The Labute approximate surface area is 92.3 Å². The van der Waals surface area contributed by atoms with Crippen LogP contribution in [0.1, 0.15) is 10.4 Å². The first-order valence-corrected chi connectivity index (χ1v) is 5.73. The zero-order valence-corrected chi connectivity index (χ0v) is 9.71. The maximum atomic E-state index is 5.85. The lowest BCUT2D eigenvalue weighted by Crippen LogP contribution is -1.84. The standard InChI is InChI=1S/C11H11ClOS/c1-7-3-4-9-8(5-7)11(13-2)10(6-12)14-9/h3-5H,6H2,1-2H3. The minimum Gasteiger partial charge on any atom is -0.495 e. The summed E-state index contributed by atoms with van der Waals surface area (Å²) < 4.78 is 6.61. The fourth-order valence-electron chi connectivity index (χ4n) is 1.55. The molecule has 74 valence electrons. The molecule has 0 bridgehead atoms. The number of fused-ring (bicyclic) bond motifs is 1. The van der Waals surface area contributed by atoms with Gasteiger partial charge in [0, 0.05) is 10.1 Å². The van der Waals surface area contributed by atoms with Gasteiger partial charge in [-0.1, -0.05) is 11.6 Å². The van der Waals surface area contributed by atoms with Gasteiger partial charge in [0.15, 0.2) is 0 Å². The van der Waals surface area contributed by atoms with Crippen molar-refractivity contribution in [3.8, 4) is 5.75 Å². The van der Waals surface area contributed by atoms with E-state index in [1.807, 2.05) is 0 Å². The molecule has 0 saturated carbocycles. The van der Waals surface area contributed by atoms with Crippen LogP contribution in [0.2, 0.25) is 0 Å². The summed E-state index contributed by atoms with van der Waals surface area (Å²) in [6, 6.07) is 6.37. The number of thiophene rings is 1. The number of benzene rings is 1. The van der Waals surface area contributed by atoms with Crippen molar-refractivity contribution in [2.75, 3.05) is 7.11 Å². The van der Waals surface area contributed by atoms with Gasteiger partial charge in [-0.3, -0.25) is 0 Å². The Kier molecular flexibility index (Phi) is 2.66. The minimum atomic E-state index is 0.515. The molecule has 0 spiro atoms. The van der Waals surface area contributed by atoms with Gasteiger partial charge in [0.2, 0.25) is 0 Å². The quantitative estimate of drug-likeness (QED) is 0.705. The van der Waals surface area contributed by atoms with E-state index >= 15 is 0 Å². The van der Waals surface area contributed by atoms with Crippen LogP contribution in [0.25, 0.3) is 10.1 Å². The molecule has 0 atom stereocenters. The molecule has 1 aromatic carbocycles. The lowest BCUT2D eigenvalue weighted by atomic mass is 10.2. The summed E-state index contributed by atoms with van der Waals surface area (Å²) in [5.74, 6) is 1.45. The molecule has 0 radical (unpaired) electrons. The first-order chi connectivity index (χ1) is 6.76. The summed E-state index contributed by atoms with van der Waals surface area (Å²) in [7, 11) is 1.69. The topological polar surface area (TPSA) is 9.23 Å². The molecule has 14 heavy (non-hydrogen) atoms. The molecule has 1 aromatic heterocycles. The number of hydrogen-bond acceptors (Lipinski definition) is 2. The van der Waals surface area contributed by atoms with E-state index in [2.05, 4.69) is 25.1 Å². The van der Waals surface area contributed by atoms with Crippen LogP contribution in [0.3, 0.4) is 0 Å². The van der Waals surface area contributed by atoms with Crippen molar-refractivity contribution in [2.45, 2.75) is 12.8 Å². The van der Waals surface area contributed by atoms with E-state index < -0.39 is 0 Å². The zero-order valence-electron chi connectivity index (χ0n) is 8.13. The molecular formula is C11H11ClOS. The summed E-state index contributed by atoms with van der Waals surface area (Å²) in [6.07, 6.45) is 0. The number of methoxy groups -OCH3 is 1. The molecule has 2 aromatic rings. The van der Waals surface area contributed by atoms with Crippen LogP contribution in [0.15, 0.2) is 18.2 Å². The molecule has 0 amide bonds. The Balaban J connectivity index is 2.74. The summed E-state index contributed by atoms with van der Waals surface area (Å²) in [6.45, 7) is 2.08. The van der Waals surface area contributed by atoms with Crippen LogP contribution in [-0.2, 0) is 5.88 Å². The predicted molar refractivity (Wildman–Crippen MR) is 62.7 cm³/mol. The maximum absolute atomic E-state index is 5.85. The molecule has 0 aliphatic rings. The van der Waals surface area contributed by atoms with E-state index in [0.29, 0.717) is 5.88 Å². The van der Waals surface area contributed by atoms with Gasteiger partial charge in [-0.15, -0.1) is 22.9 Å². The van der Waals surface area contributed by atoms with Crippen molar-refractivity contribution in [3.05, 3.63) is 28.6 Å². The highest BCUT2D eigenvalue weighted by molar-refractivity contribution is 7.19. The first kappa shape index (κ1) is 9.81. The Bertz CT molecular complexity index is 462. The molecule has 0 aliphatic heterocycles. The number of hydrogen-bond donors (Lipinski definition) is 0. The predicted octanol–water partition coefficient (Wildman–Crippen LogP) is 3.96. The Morgan fingerprint density at radius 2 is 2.21 bits per heavy atom. The fourth-order valence-corrected chi connectivity index (χ4v) is 2.84. The van der Waals surface area contributed by atoms with Crippen LogP contribution in [0, 0.1) is 6.92 Å². The van der Waals surface area contributed by atoms with Gasteiger partial charge in [-0.05, 0) is 19.1 Å². The molecule has 1 heterocycles. The summed E-state index contributed by atoms with van der Waals surface area (Å²) in [5.41, 5.74) is 1.25. The van der Waals surface area contributed by atoms with Gasteiger partial charge in [0.05, 0.1) is 17.9 Å². The van der Waals surface area contributed by atoms with Crippen molar-refractivity contribution >= 4 is 33.0 Å². The van der Waals surface area contributed by atoms with E-state index in [1.54, 1.807) is 18.4 Å². The summed E-state index contributed by atoms with van der Waals surface area (Å²) in [5, 5.41) is 1.17. The highest BCUT2D eigenvalue weighted by atomic mass is 35.5. The molecule has 0 unspecified atom stereocenters. The lowest BCUT2D eigenvalue weighted by molar-refractivity contribution is 0.418. The Morgan fingerprint density at radius 1 is 1.43 bits per heavy atom. The average molecular weight is 227 g/mol. The largest absolute Gasteiger partial charge is 0.495 e. The van der Waals surface area contributed by atoms with Crippen LogP contribution < -0.4 is 4.74 Å². The number of rotatable bonds is 2. The van der Waals surface area contributed by atoms with Crippen LogP contribution in [-0.4, -0.2) is 7.11 Å². The van der Waals surface area contributed by atoms with Gasteiger partial charge < -0.3 is 4.74 Å². The highest BCUT2D eigenvalue weighted by Crippen LogP contribution is 2.38. The van der Waals surface area contributed by atoms with E-state index in [4.69, 9.17) is 16.3 Å². The van der Waals surface area contributed by atoms with E-state index in [1.165, 1.54) is 15.6 Å². The van der Waals surface area contributed by atoms with E-state index in [0.717, 1.165) is 10.6 Å². The Hall–Kier alpha value is -0.730. The summed E-state index contributed by atoms with van der Waals surface area (Å²) in [4.78, 5) is 1.11. The molecule has 0 N–H and O–H groups in total. The number of ether oxygens (including phenoxy) is 1. The van der Waals surface area contributed by atoms with Crippen molar-refractivity contribution in [1.82, 2.24) is 0 Å². The van der Waals surface area contributed by atoms with Crippen LogP contribution in [0.5, 0.6) is 5.75 Å². The van der Waals surface area contributed by atoms with Gasteiger partial charge in [-0.2, -0.15) is 0 Å². The molecular weight excluding hydrogens is 216 g/mol. The fraction of sp³-hybridized carbons (Fsp3) is 0.273. The lowest BCUT2D eigenvalue weighted by Gasteiger charge is -1.99. The first-order valence-electron chi connectivity index (χ1n) is 4.38. The number of alkyl halides is 1. The van der Waals surface area contributed by atoms with Crippen molar-refractivity contribution < 1.29 is 4.74 Å². The van der Waals surface area contributed by atoms with Gasteiger partial charge in [0.25, 0.3) is 0 Å². The van der Waals surface area contributed by atoms with Crippen molar-refractivity contribution in [3.63, 3.8) is 0 Å². The summed E-state index contributed by atoms with van der Waals surface area (Å²) >= 11 is 7.55. The van der Waals surface area contributed by atoms with Gasteiger partial charge >= 0.3 is 0 Å². The second kappa shape index (κ2) is 3.79. The van der Waals surface area contributed by atoms with Crippen LogP contribution >= 0.6 is 22.9 Å². The molecule has 0 saturated heterocycles. The second-order valence-electron chi connectivity index (χ2n) is 3.19. The SMILES string of the molecule is COc1c(CCl)sc2ccc(C)cc12. The van der Waals surface area contributed by atoms with E-state index in [-0.39, 0.29) is 0 Å². The third-order valence-corrected chi connectivity index (χ3v) is 3.77. The normalized spacial score (nSPS) is 10.8. The molecule has 3 heteroatoms. The zero-order chi connectivity index (χ0) is 10.1. The average Bonchev–Trinajstić information content (AvgIpc) is 2.54. The van der Waals surface area contributed by atoms with Crippen LogP contribution in [0.4, 0.5) is 0 Å². The third-order valence-electron chi connectivity index (χ3n) is 2.19. The number of aryl methyl sites for hydroxylation is 1. The molecule has 1 nitrogen and oxygen atoms in total. The molecule has 0 aliphatic carbocycles. The van der Waals surface area contributed by atoms with E-state index in [9.17, 15) is 0 Å². The van der Waals surface area contributed by atoms with Crippen molar-refractivity contribution in [1.29, 1.82) is 0 Å². The second-order valence-corrected chi connectivity index (χ2v) is 4.60. The third kappa shape index (κ3) is 1.49. The maximum Gasteiger partial charge on any atom is 0.141 e. The van der Waals surface area contributed by atoms with Crippen molar-refractivity contribution in [2.24, 2.45) is 0 Å². The van der Waals surface area contributed by atoms with Gasteiger partial charge in [-0.25, -0.2) is 0 Å². The highest BCUT2D eigenvalue weighted by Gasteiger charge is 2.11. The molecule has 0 fully saturated rings. The monoisotopic (exact) mass is 226 g/mol. The Morgan fingerprint density at radius 3 is 2.86 bits per heavy atom. The molecule has 2 rings (SSSR count). The number of halogens is 1. The smallest absolute Gasteiger partial charge is 0.141 e. The van der Waals surface area contributed by atoms with Gasteiger partial charge in [0.1, 0.15) is 5.75 Å². The minimum absolute atomic E-state index is 0.515.